The van der Waals surface area contributed by atoms with Crippen LogP contribution in [-0.2, 0) is 4.74 Å². The van der Waals surface area contributed by atoms with Gasteiger partial charge >= 0.3 is 0 Å². The smallest absolute Gasteiger partial charge is 0.123 e. The molecule has 2 unspecified atom stereocenters. The van der Waals surface area contributed by atoms with Crippen LogP contribution in [0.3, 0.4) is 0 Å². The maximum Gasteiger partial charge on any atom is 0.123 e. The van der Waals surface area contributed by atoms with Crippen molar-refractivity contribution in [3.05, 3.63) is 35.6 Å². The maximum absolute atomic E-state index is 12.8. The highest BCUT2D eigenvalue weighted by Crippen LogP contribution is 2.19. The van der Waals surface area contributed by atoms with Crippen LogP contribution in [0.2, 0.25) is 0 Å². The summed E-state index contributed by atoms with van der Waals surface area (Å²) >= 11 is 0. The summed E-state index contributed by atoms with van der Waals surface area (Å²) in [6.07, 6.45) is 3.00. The van der Waals surface area contributed by atoms with Crippen LogP contribution >= 0.6 is 0 Å². The Kier molecular flexibility index (Phi) is 4.13. The van der Waals surface area contributed by atoms with Gasteiger partial charge in [0.05, 0.1) is 12.2 Å². The summed E-state index contributed by atoms with van der Waals surface area (Å²) in [6, 6.07) is 6.88. The zero-order valence-electron chi connectivity index (χ0n) is 10.4. The molecule has 1 fully saturated rings. The van der Waals surface area contributed by atoms with E-state index < -0.39 is 0 Å². The third-order valence-corrected chi connectivity index (χ3v) is 3.34. The minimum atomic E-state index is -0.186. The van der Waals surface area contributed by atoms with Crippen molar-refractivity contribution in [1.82, 2.24) is 5.32 Å². The first kappa shape index (κ1) is 12.5. The van der Waals surface area contributed by atoms with E-state index in [0.29, 0.717) is 12.2 Å². The molecule has 3 atom stereocenters. The molecule has 17 heavy (non-hydrogen) atoms. The number of nitrogens with one attached hydrogen (secondary N) is 1. The topological polar surface area (TPSA) is 21.3 Å². The van der Waals surface area contributed by atoms with Crippen LogP contribution in [0.4, 0.5) is 4.39 Å². The Bertz CT molecular complexity index is 352. The van der Waals surface area contributed by atoms with Crippen LogP contribution in [0.15, 0.2) is 24.3 Å². The molecule has 1 heterocycles. The molecular formula is C14H20FNO. The van der Waals surface area contributed by atoms with Gasteiger partial charge in [0.1, 0.15) is 5.82 Å². The Morgan fingerprint density at radius 2 is 2.06 bits per heavy atom. The van der Waals surface area contributed by atoms with Gasteiger partial charge in [-0.25, -0.2) is 4.39 Å². The lowest BCUT2D eigenvalue weighted by molar-refractivity contribution is 0.0546. The number of halogens is 1. The Hall–Kier alpha value is -0.930. The average Bonchev–Trinajstić information content (AvgIpc) is 2.73. The molecule has 0 spiro atoms. The van der Waals surface area contributed by atoms with Crippen molar-refractivity contribution < 1.29 is 9.13 Å². The molecule has 0 radical (unpaired) electrons. The zero-order valence-corrected chi connectivity index (χ0v) is 10.4. The van der Waals surface area contributed by atoms with Gasteiger partial charge in [-0.15, -0.1) is 0 Å². The van der Waals surface area contributed by atoms with Gasteiger partial charge < -0.3 is 10.1 Å². The molecule has 3 heteroatoms. The second-order valence-electron chi connectivity index (χ2n) is 4.83. The van der Waals surface area contributed by atoms with E-state index in [1.807, 2.05) is 12.1 Å². The summed E-state index contributed by atoms with van der Waals surface area (Å²) in [6.45, 7) is 5.07. The first-order valence-electron chi connectivity index (χ1n) is 6.29. The number of ether oxygens (including phenoxy) is 1. The van der Waals surface area contributed by atoms with Crippen molar-refractivity contribution in [2.24, 2.45) is 0 Å². The van der Waals surface area contributed by atoms with Crippen LogP contribution in [0.1, 0.15) is 38.3 Å². The van der Waals surface area contributed by atoms with Gasteiger partial charge in [0, 0.05) is 12.6 Å². The molecule has 2 rings (SSSR count). The fourth-order valence-corrected chi connectivity index (χ4v) is 2.21. The molecule has 1 aromatic carbocycles. The fraction of sp³-hybridized carbons (Fsp3) is 0.571. The van der Waals surface area contributed by atoms with Gasteiger partial charge in [0.2, 0.25) is 0 Å². The monoisotopic (exact) mass is 237 g/mol. The molecule has 2 nitrogen and oxygen atoms in total. The predicted octanol–water partition coefficient (Wildman–Crippen LogP) is 3.04. The number of hydrogen-bond acceptors (Lipinski definition) is 2. The van der Waals surface area contributed by atoms with E-state index in [0.717, 1.165) is 24.9 Å². The van der Waals surface area contributed by atoms with Crippen molar-refractivity contribution in [3.8, 4) is 0 Å². The lowest BCUT2D eigenvalue weighted by Crippen LogP contribution is -2.29. The maximum atomic E-state index is 12.8. The van der Waals surface area contributed by atoms with E-state index >= 15 is 0 Å². The lowest BCUT2D eigenvalue weighted by atomic mass is 10.1. The van der Waals surface area contributed by atoms with E-state index in [9.17, 15) is 4.39 Å². The lowest BCUT2D eigenvalue weighted by Gasteiger charge is -2.17. The summed E-state index contributed by atoms with van der Waals surface area (Å²) in [5, 5.41) is 3.43. The van der Waals surface area contributed by atoms with E-state index in [2.05, 4.69) is 19.2 Å². The molecule has 94 valence electrons. The van der Waals surface area contributed by atoms with Crippen LogP contribution in [0.5, 0.6) is 0 Å². The highest BCUT2D eigenvalue weighted by Gasteiger charge is 2.21. The van der Waals surface area contributed by atoms with Crippen molar-refractivity contribution >= 4 is 0 Å². The molecule has 0 aliphatic carbocycles. The number of benzene rings is 1. The van der Waals surface area contributed by atoms with Crippen molar-refractivity contribution in [1.29, 1.82) is 0 Å². The Morgan fingerprint density at radius 1 is 1.35 bits per heavy atom. The quantitative estimate of drug-likeness (QED) is 0.869. The Labute approximate surface area is 102 Å². The molecule has 0 bridgehead atoms. The highest BCUT2D eigenvalue weighted by atomic mass is 19.1. The standard InChI is InChI=1S/C14H20FNO/c1-10-3-8-14(17-10)9-16-11(2)12-4-6-13(15)7-5-12/h4-7,10-11,14,16H,3,8-9H2,1-2H3/t10?,11-,14?/m0/s1. The zero-order chi connectivity index (χ0) is 12.3. The Balaban J connectivity index is 1.81. The van der Waals surface area contributed by atoms with Crippen molar-refractivity contribution in [2.45, 2.75) is 44.9 Å². The second-order valence-corrected chi connectivity index (χ2v) is 4.83. The molecule has 0 saturated carbocycles. The largest absolute Gasteiger partial charge is 0.374 e. The third-order valence-electron chi connectivity index (χ3n) is 3.34. The van der Waals surface area contributed by atoms with Crippen molar-refractivity contribution in [3.63, 3.8) is 0 Å². The number of hydrogen-bond donors (Lipinski definition) is 1. The van der Waals surface area contributed by atoms with E-state index in [1.165, 1.54) is 12.1 Å². The molecule has 1 aliphatic heterocycles. The number of rotatable bonds is 4. The molecule has 1 N–H and O–H groups in total. The summed E-state index contributed by atoms with van der Waals surface area (Å²) in [7, 11) is 0. The SMILES string of the molecule is CC1CCC(CN[C@@H](C)c2ccc(F)cc2)O1. The summed E-state index contributed by atoms with van der Waals surface area (Å²) < 4.78 is 18.5. The van der Waals surface area contributed by atoms with Gasteiger partial charge in [-0.05, 0) is 44.4 Å². The second kappa shape index (κ2) is 5.61. The minimum absolute atomic E-state index is 0.186. The first-order chi connectivity index (χ1) is 8.15. The van der Waals surface area contributed by atoms with Crippen molar-refractivity contribution in [2.75, 3.05) is 6.54 Å². The molecular weight excluding hydrogens is 217 g/mol. The third kappa shape index (κ3) is 3.51. The summed E-state index contributed by atoms with van der Waals surface area (Å²) in [5.74, 6) is -0.186. The highest BCUT2D eigenvalue weighted by molar-refractivity contribution is 5.19. The van der Waals surface area contributed by atoms with Crippen LogP contribution in [0.25, 0.3) is 0 Å². The normalized spacial score (nSPS) is 26.1. The van der Waals surface area contributed by atoms with E-state index in [-0.39, 0.29) is 11.9 Å². The summed E-state index contributed by atoms with van der Waals surface area (Å²) in [5.41, 5.74) is 1.11. The van der Waals surface area contributed by atoms with Crippen LogP contribution < -0.4 is 5.32 Å². The predicted molar refractivity (Wildman–Crippen MR) is 66.4 cm³/mol. The van der Waals surface area contributed by atoms with Crippen LogP contribution in [-0.4, -0.2) is 18.8 Å². The Morgan fingerprint density at radius 3 is 2.65 bits per heavy atom. The van der Waals surface area contributed by atoms with Gasteiger partial charge in [-0.1, -0.05) is 12.1 Å². The van der Waals surface area contributed by atoms with Gasteiger partial charge in [0.15, 0.2) is 0 Å². The van der Waals surface area contributed by atoms with Gasteiger partial charge in [-0.2, -0.15) is 0 Å². The van der Waals surface area contributed by atoms with E-state index in [1.54, 1.807) is 0 Å². The molecule has 0 amide bonds. The molecule has 1 aliphatic rings. The average molecular weight is 237 g/mol. The van der Waals surface area contributed by atoms with E-state index in [4.69, 9.17) is 4.74 Å². The molecule has 1 aromatic rings. The summed E-state index contributed by atoms with van der Waals surface area (Å²) in [4.78, 5) is 0. The minimum Gasteiger partial charge on any atom is -0.374 e. The van der Waals surface area contributed by atoms with Gasteiger partial charge in [-0.3, -0.25) is 0 Å². The van der Waals surface area contributed by atoms with Gasteiger partial charge in [0.25, 0.3) is 0 Å². The molecule has 1 saturated heterocycles. The first-order valence-corrected chi connectivity index (χ1v) is 6.29. The molecule has 0 aromatic heterocycles. The fourth-order valence-electron chi connectivity index (χ4n) is 2.21. The van der Waals surface area contributed by atoms with Crippen LogP contribution in [0, 0.1) is 5.82 Å².